The molecule has 2 fully saturated rings. The van der Waals surface area contributed by atoms with E-state index in [-0.39, 0.29) is 5.91 Å². The highest BCUT2D eigenvalue weighted by atomic mass is 16.2. The maximum atomic E-state index is 11.7. The number of carbonyl (C=O) groups is 1. The molecule has 17 heavy (non-hydrogen) atoms. The van der Waals surface area contributed by atoms with E-state index in [0.717, 1.165) is 45.6 Å². The predicted octanol–water partition coefficient (Wildman–Crippen LogP) is 0.588. The Morgan fingerprint density at radius 2 is 2.35 bits per heavy atom. The summed E-state index contributed by atoms with van der Waals surface area (Å²) >= 11 is 0. The molecular formula is C13H25N3O. The Morgan fingerprint density at radius 3 is 3.06 bits per heavy atom. The minimum absolute atomic E-state index is 0.196. The van der Waals surface area contributed by atoms with Crippen LogP contribution < -0.4 is 10.6 Å². The molecule has 98 valence electrons. The van der Waals surface area contributed by atoms with Gasteiger partial charge in [0.2, 0.25) is 5.91 Å². The Kier molecular flexibility index (Phi) is 4.40. The zero-order valence-corrected chi connectivity index (χ0v) is 10.9. The van der Waals surface area contributed by atoms with Crippen molar-refractivity contribution in [2.45, 2.75) is 32.6 Å². The summed E-state index contributed by atoms with van der Waals surface area (Å²) in [5.41, 5.74) is 0.476. The molecule has 4 nitrogen and oxygen atoms in total. The quantitative estimate of drug-likeness (QED) is 0.690. The first-order chi connectivity index (χ1) is 8.24. The maximum Gasteiger partial charge on any atom is 0.234 e. The fraction of sp³-hybridized carbons (Fsp3) is 0.923. The van der Waals surface area contributed by atoms with Crippen LogP contribution in [0.3, 0.4) is 0 Å². The number of likely N-dealkylation sites (tertiary alicyclic amines) is 1. The molecule has 2 aliphatic rings. The first kappa shape index (κ1) is 12.8. The van der Waals surface area contributed by atoms with Crippen LogP contribution in [0.15, 0.2) is 0 Å². The number of hydrogen-bond acceptors (Lipinski definition) is 3. The van der Waals surface area contributed by atoms with Crippen LogP contribution in [-0.4, -0.2) is 50.1 Å². The molecule has 2 N–H and O–H groups in total. The summed E-state index contributed by atoms with van der Waals surface area (Å²) < 4.78 is 0. The van der Waals surface area contributed by atoms with Crippen molar-refractivity contribution >= 4 is 5.91 Å². The van der Waals surface area contributed by atoms with Crippen molar-refractivity contribution in [1.82, 2.24) is 15.5 Å². The van der Waals surface area contributed by atoms with Gasteiger partial charge in [-0.05, 0) is 37.8 Å². The Balaban J connectivity index is 1.68. The predicted molar refractivity (Wildman–Crippen MR) is 68.9 cm³/mol. The summed E-state index contributed by atoms with van der Waals surface area (Å²) in [5.74, 6) is 0.196. The lowest BCUT2D eigenvalue weighted by Crippen LogP contribution is -2.38. The Hall–Kier alpha value is -0.610. The number of rotatable bonds is 5. The van der Waals surface area contributed by atoms with Crippen LogP contribution in [0, 0.1) is 5.41 Å². The average Bonchev–Trinajstić information content (AvgIpc) is 2.91. The van der Waals surface area contributed by atoms with Gasteiger partial charge in [-0.25, -0.2) is 0 Å². The van der Waals surface area contributed by atoms with E-state index in [1.165, 1.54) is 12.8 Å². The summed E-state index contributed by atoms with van der Waals surface area (Å²) in [7, 11) is 0. The van der Waals surface area contributed by atoms with Gasteiger partial charge >= 0.3 is 0 Å². The third-order valence-electron chi connectivity index (χ3n) is 4.07. The second-order valence-corrected chi connectivity index (χ2v) is 5.59. The molecule has 2 saturated heterocycles. The van der Waals surface area contributed by atoms with Crippen LogP contribution in [0.4, 0.5) is 0 Å². The van der Waals surface area contributed by atoms with Crippen molar-refractivity contribution in [3.8, 4) is 0 Å². The van der Waals surface area contributed by atoms with E-state index < -0.39 is 0 Å². The standard InChI is InChI=1S/C13H25N3O/c1-2-3-6-15-12(17)9-16-8-5-13(11-16)4-7-14-10-13/h14H,2-11H2,1H3,(H,15,17). The topological polar surface area (TPSA) is 44.4 Å². The molecule has 0 aliphatic carbocycles. The smallest absolute Gasteiger partial charge is 0.234 e. The Labute approximate surface area is 104 Å². The number of nitrogens with one attached hydrogen (secondary N) is 2. The third kappa shape index (κ3) is 3.42. The lowest BCUT2D eigenvalue weighted by atomic mass is 9.87. The lowest BCUT2D eigenvalue weighted by molar-refractivity contribution is -0.122. The number of amides is 1. The van der Waals surface area contributed by atoms with Crippen LogP contribution in [0.2, 0.25) is 0 Å². The number of unbranched alkanes of at least 4 members (excludes halogenated alkanes) is 1. The summed E-state index contributed by atoms with van der Waals surface area (Å²) in [6.45, 7) is 8.03. The van der Waals surface area contributed by atoms with Crippen molar-refractivity contribution in [3.05, 3.63) is 0 Å². The van der Waals surface area contributed by atoms with Crippen LogP contribution in [0.25, 0.3) is 0 Å². The van der Waals surface area contributed by atoms with E-state index >= 15 is 0 Å². The van der Waals surface area contributed by atoms with Gasteiger partial charge in [-0.2, -0.15) is 0 Å². The van der Waals surface area contributed by atoms with Crippen molar-refractivity contribution in [1.29, 1.82) is 0 Å². The van der Waals surface area contributed by atoms with Gasteiger partial charge in [-0.1, -0.05) is 13.3 Å². The zero-order valence-electron chi connectivity index (χ0n) is 10.9. The van der Waals surface area contributed by atoms with Crippen LogP contribution in [0.1, 0.15) is 32.6 Å². The van der Waals surface area contributed by atoms with Gasteiger partial charge in [-0.15, -0.1) is 0 Å². The van der Waals surface area contributed by atoms with E-state index in [4.69, 9.17) is 0 Å². The van der Waals surface area contributed by atoms with Gasteiger partial charge in [0, 0.05) is 19.6 Å². The Morgan fingerprint density at radius 1 is 1.47 bits per heavy atom. The lowest BCUT2D eigenvalue weighted by Gasteiger charge is -2.22. The van der Waals surface area contributed by atoms with Crippen LogP contribution in [0.5, 0.6) is 0 Å². The maximum absolute atomic E-state index is 11.7. The van der Waals surface area contributed by atoms with E-state index in [1.807, 2.05) is 0 Å². The monoisotopic (exact) mass is 239 g/mol. The summed E-state index contributed by atoms with van der Waals surface area (Å²) in [5, 5.41) is 6.44. The number of carbonyl (C=O) groups excluding carboxylic acids is 1. The number of hydrogen-bond donors (Lipinski definition) is 2. The molecule has 1 spiro atoms. The second-order valence-electron chi connectivity index (χ2n) is 5.59. The highest BCUT2D eigenvalue weighted by Crippen LogP contribution is 2.35. The minimum Gasteiger partial charge on any atom is -0.355 e. The molecular weight excluding hydrogens is 214 g/mol. The molecule has 1 unspecified atom stereocenters. The molecule has 0 aromatic rings. The molecule has 1 atom stereocenters. The fourth-order valence-corrected chi connectivity index (χ4v) is 2.97. The molecule has 2 heterocycles. The minimum atomic E-state index is 0.196. The van der Waals surface area contributed by atoms with Gasteiger partial charge in [0.1, 0.15) is 0 Å². The normalized spacial score (nSPS) is 29.0. The van der Waals surface area contributed by atoms with Gasteiger partial charge in [-0.3, -0.25) is 9.69 Å². The van der Waals surface area contributed by atoms with Gasteiger partial charge in [0.15, 0.2) is 0 Å². The highest BCUT2D eigenvalue weighted by Gasteiger charge is 2.40. The van der Waals surface area contributed by atoms with E-state index in [1.54, 1.807) is 0 Å². The average molecular weight is 239 g/mol. The highest BCUT2D eigenvalue weighted by molar-refractivity contribution is 5.78. The van der Waals surface area contributed by atoms with E-state index in [2.05, 4.69) is 22.5 Å². The molecule has 0 aromatic carbocycles. The summed E-state index contributed by atoms with van der Waals surface area (Å²) in [6.07, 6.45) is 4.75. The molecule has 2 aliphatic heterocycles. The SMILES string of the molecule is CCCCNC(=O)CN1CCC2(CCNC2)C1. The first-order valence-corrected chi connectivity index (χ1v) is 6.94. The van der Waals surface area contributed by atoms with Gasteiger partial charge in [0.25, 0.3) is 0 Å². The molecule has 0 aromatic heterocycles. The molecule has 0 saturated carbocycles. The van der Waals surface area contributed by atoms with Gasteiger partial charge < -0.3 is 10.6 Å². The molecule has 0 bridgehead atoms. The zero-order chi connectivity index (χ0) is 12.1. The van der Waals surface area contributed by atoms with Crippen molar-refractivity contribution in [3.63, 3.8) is 0 Å². The summed E-state index contributed by atoms with van der Waals surface area (Å²) in [4.78, 5) is 14.0. The largest absolute Gasteiger partial charge is 0.355 e. The molecule has 1 amide bonds. The Bertz CT molecular complexity index is 261. The summed E-state index contributed by atoms with van der Waals surface area (Å²) in [6, 6.07) is 0. The molecule has 4 heteroatoms. The third-order valence-corrected chi connectivity index (χ3v) is 4.07. The van der Waals surface area contributed by atoms with Crippen molar-refractivity contribution < 1.29 is 4.79 Å². The van der Waals surface area contributed by atoms with Crippen LogP contribution >= 0.6 is 0 Å². The van der Waals surface area contributed by atoms with E-state index in [9.17, 15) is 4.79 Å². The first-order valence-electron chi connectivity index (χ1n) is 6.94. The van der Waals surface area contributed by atoms with Crippen molar-refractivity contribution in [2.24, 2.45) is 5.41 Å². The second kappa shape index (κ2) is 5.83. The van der Waals surface area contributed by atoms with E-state index in [0.29, 0.717) is 12.0 Å². The number of nitrogens with zero attached hydrogens (tertiary/aromatic N) is 1. The van der Waals surface area contributed by atoms with Crippen LogP contribution in [-0.2, 0) is 4.79 Å². The van der Waals surface area contributed by atoms with Crippen molar-refractivity contribution in [2.75, 3.05) is 39.3 Å². The molecule has 2 rings (SSSR count). The molecule has 0 radical (unpaired) electrons. The fourth-order valence-electron chi connectivity index (χ4n) is 2.97. The van der Waals surface area contributed by atoms with Gasteiger partial charge in [0.05, 0.1) is 6.54 Å².